The van der Waals surface area contributed by atoms with Gasteiger partial charge in [-0.2, -0.15) is 5.10 Å². The third-order valence-corrected chi connectivity index (χ3v) is 3.74. The first-order valence-electron chi connectivity index (χ1n) is 7.69. The van der Waals surface area contributed by atoms with Crippen LogP contribution < -0.4 is 15.4 Å². The molecule has 0 aliphatic heterocycles. The van der Waals surface area contributed by atoms with Crippen LogP contribution in [-0.2, 0) is 23.1 Å². The monoisotopic (exact) mass is 382 g/mol. The van der Waals surface area contributed by atoms with Gasteiger partial charge in [0.25, 0.3) is 0 Å². The second-order valence-corrected chi connectivity index (χ2v) is 5.41. The number of nitrogens with zero attached hydrogens (tertiary/aromatic N) is 2. The molecule has 1 amide bonds. The highest BCUT2D eigenvalue weighted by Crippen LogP contribution is 2.21. The largest absolute Gasteiger partial charge is 0.496 e. The average Bonchev–Trinajstić information content (AvgIpc) is 3.05. The fraction of sp³-hybridized carbons (Fsp3) is 0.353. The molecule has 2 aromatic rings. The van der Waals surface area contributed by atoms with Crippen molar-refractivity contribution in [3.8, 4) is 5.75 Å². The summed E-state index contributed by atoms with van der Waals surface area (Å²) in [5.74, 6) is -0.259. The summed E-state index contributed by atoms with van der Waals surface area (Å²) in [4.78, 5) is 24.2. The van der Waals surface area contributed by atoms with Crippen LogP contribution in [0.1, 0.15) is 27.5 Å². The van der Waals surface area contributed by atoms with Gasteiger partial charge in [-0.15, -0.1) is 12.4 Å². The lowest BCUT2D eigenvalue weighted by molar-refractivity contribution is -0.123. The molecule has 0 fully saturated rings. The minimum atomic E-state index is -0.507. The number of ether oxygens (including phenoxy) is 2. The van der Waals surface area contributed by atoms with E-state index in [-0.39, 0.29) is 24.9 Å². The van der Waals surface area contributed by atoms with Crippen LogP contribution in [0.15, 0.2) is 30.6 Å². The Kier molecular flexibility index (Phi) is 8.08. The third-order valence-electron chi connectivity index (χ3n) is 3.74. The van der Waals surface area contributed by atoms with E-state index in [0.29, 0.717) is 11.3 Å². The van der Waals surface area contributed by atoms with E-state index >= 15 is 0 Å². The topological polar surface area (TPSA) is 94.5 Å². The third kappa shape index (κ3) is 4.96. The molecule has 2 N–H and O–H groups in total. The van der Waals surface area contributed by atoms with Gasteiger partial charge < -0.3 is 20.1 Å². The molecule has 1 unspecified atom stereocenters. The number of hydrogen-bond donors (Lipinski definition) is 2. The summed E-state index contributed by atoms with van der Waals surface area (Å²) in [7, 11) is 6.29. The summed E-state index contributed by atoms with van der Waals surface area (Å²) in [5.41, 5.74) is 1.84. The van der Waals surface area contributed by atoms with Crippen LogP contribution in [0.25, 0.3) is 0 Å². The lowest BCUT2D eigenvalue weighted by atomic mass is 10.1. The van der Waals surface area contributed by atoms with E-state index in [4.69, 9.17) is 9.47 Å². The Morgan fingerprint density at radius 1 is 1.31 bits per heavy atom. The molecular formula is C17H23ClN4O4. The van der Waals surface area contributed by atoms with Crippen LogP contribution in [0.2, 0.25) is 0 Å². The molecule has 1 atom stereocenters. The molecule has 26 heavy (non-hydrogen) atoms. The molecule has 0 saturated carbocycles. The Bertz CT molecular complexity index is 763. The number of aryl methyl sites for hydroxylation is 1. The molecule has 1 aromatic heterocycles. The summed E-state index contributed by atoms with van der Waals surface area (Å²) in [6.07, 6.45) is 3.42. The summed E-state index contributed by atoms with van der Waals surface area (Å²) in [6, 6.07) is 4.59. The maximum absolute atomic E-state index is 12.4. The average molecular weight is 383 g/mol. The smallest absolute Gasteiger partial charge is 0.341 e. The molecule has 0 radical (unpaired) electrons. The van der Waals surface area contributed by atoms with Gasteiger partial charge in [0.1, 0.15) is 17.4 Å². The summed E-state index contributed by atoms with van der Waals surface area (Å²) in [6.45, 7) is 0.269. The van der Waals surface area contributed by atoms with Crippen molar-refractivity contribution >= 4 is 24.3 Å². The molecule has 0 aliphatic rings. The number of benzene rings is 1. The number of aromatic nitrogens is 2. The van der Waals surface area contributed by atoms with Crippen molar-refractivity contribution in [2.45, 2.75) is 12.6 Å². The quantitative estimate of drug-likeness (QED) is 0.699. The fourth-order valence-electron chi connectivity index (χ4n) is 2.46. The summed E-state index contributed by atoms with van der Waals surface area (Å²) >= 11 is 0. The molecule has 0 aliphatic carbocycles. The number of carbonyl (C=O) groups excluding carboxylic acids is 2. The van der Waals surface area contributed by atoms with Gasteiger partial charge in [-0.1, -0.05) is 6.07 Å². The van der Waals surface area contributed by atoms with Gasteiger partial charge in [0.2, 0.25) is 5.91 Å². The normalized spacial score (nSPS) is 11.2. The van der Waals surface area contributed by atoms with E-state index in [1.807, 2.05) is 0 Å². The molecule has 9 heteroatoms. The zero-order valence-electron chi connectivity index (χ0n) is 15.1. The fourth-order valence-corrected chi connectivity index (χ4v) is 2.46. The first kappa shape index (κ1) is 21.5. The Labute approximate surface area is 158 Å². The van der Waals surface area contributed by atoms with E-state index in [2.05, 4.69) is 15.7 Å². The number of rotatable bonds is 7. The van der Waals surface area contributed by atoms with Gasteiger partial charge in [0.15, 0.2) is 0 Å². The number of nitrogens with one attached hydrogen (secondary N) is 2. The van der Waals surface area contributed by atoms with Crippen molar-refractivity contribution in [2.75, 3.05) is 21.3 Å². The van der Waals surface area contributed by atoms with Gasteiger partial charge in [-0.3, -0.25) is 9.48 Å². The lowest BCUT2D eigenvalue weighted by Gasteiger charge is -2.15. The van der Waals surface area contributed by atoms with Gasteiger partial charge in [-0.25, -0.2) is 4.79 Å². The number of amides is 1. The maximum Gasteiger partial charge on any atom is 0.341 e. The molecule has 0 spiro atoms. The molecular weight excluding hydrogens is 360 g/mol. The zero-order valence-corrected chi connectivity index (χ0v) is 15.9. The number of methoxy groups -OCH3 is 2. The second-order valence-electron chi connectivity index (χ2n) is 5.41. The van der Waals surface area contributed by atoms with Crippen LogP contribution in [0, 0.1) is 0 Å². The van der Waals surface area contributed by atoms with E-state index in [1.165, 1.54) is 14.2 Å². The SMILES string of the molecule is CNC(C(=O)NCc1ccc(OC)c(C(=O)OC)c1)c1cnn(C)c1.Cl. The number of hydrogen-bond acceptors (Lipinski definition) is 6. The molecule has 2 rings (SSSR count). The van der Waals surface area contributed by atoms with Gasteiger partial charge in [-0.05, 0) is 24.7 Å². The van der Waals surface area contributed by atoms with E-state index < -0.39 is 12.0 Å². The van der Waals surface area contributed by atoms with Crippen LogP contribution in [0.5, 0.6) is 5.75 Å². The molecule has 142 valence electrons. The molecule has 8 nitrogen and oxygen atoms in total. The van der Waals surface area contributed by atoms with E-state index in [9.17, 15) is 9.59 Å². The molecule has 0 bridgehead atoms. The second kappa shape index (κ2) is 9.79. The maximum atomic E-state index is 12.4. The van der Waals surface area contributed by atoms with E-state index in [0.717, 1.165) is 11.1 Å². The zero-order chi connectivity index (χ0) is 18.4. The summed E-state index contributed by atoms with van der Waals surface area (Å²) in [5, 5.41) is 9.89. The van der Waals surface area contributed by atoms with Crippen LogP contribution >= 0.6 is 12.4 Å². The van der Waals surface area contributed by atoms with Crippen molar-refractivity contribution in [1.82, 2.24) is 20.4 Å². The highest BCUT2D eigenvalue weighted by molar-refractivity contribution is 5.92. The first-order valence-corrected chi connectivity index (χ1v) is 7.69. The minimum absolute atomic E-state index is 0. The van der Waals surface area contributed by atoms with Crippen molar-refractivity contribution in [2.24, 2.45) is 7.05 Å². The van der Waals surface area contributed by atoms with Crippen molar-refractivity contribution in [3.63, 3.8) is 0 Å². The minimum Gasteiger partial charge on any atom is -0.496 e. The lowest BCUT2D eigenvalue weighted by Crippen LogP contribution is -2.35. The van der Waals surface area contributed by atoms with E-state index in [1.54, 1.807) is 49.4 Å². The Morgan fingerprint density at radius 2 is 2.04 bits per heavy atom. The highest BCUT2D eigenvalue weighted by atomic mass is 35.5. The van der Waals surface area contributed by atoms with Crippen molar-refractivity contribution < 1.29 is 19.1 Å². The number of likely N-dealkylation sites (N-methyl/N-ethyl adjacent to an activating group) is 1. The van der Waals surface area contributed by atoms with Gasteiger partial charge in [0, 0.05) is 25.4 Å². The predicted molar refractivity (Wildman–Crippen MR) is 98.4 cm³/mol. The number of carbonyl (C=O) groups is 2. The number of halogens is 1. The van der Waals surface area contributed by atoms with Crippen LogP contribution in [0.3, 0.4) is 0 Å². The summed E-state index contributed by atoms with van der Waals surface area (Å²) < 4.78 is 11.5. The molecule has 1 heterocycles. The molecule has 0 saturated heterocycles. The Morgan fingerprint density at radius 3 is 2.58 bits per heavy atom. The first-order chi connectivity index (χ1) is 12.0. The predicted octanol–water partition coefficient (Wildman–Crippen LogP) is 1.21. The van der Waals surface area contributed by atoms with Gasteiger partial charge >= 0.3 is 5.97 Å². The van der Waals surface area contributed by atoms with Crippen LogP contribution in [0.4, 0.5) is 0 Å². The Hall–Kier alpha value is -2.58. The van der Waals surface area contributed by atoms with Crippen molar-refractivity contribution in [1.29, 1.82) is 0 Å². The standard InChI is InChI=1S/C17H22N4O4.ClH/c1-18-15(12-9-20-21(2)10-12)16(22)19-8-11-5-6-14(24-3)13(7-11)17(23)25-4;/h5-7,9-10,15,18H,8H2,1-4H3,(H,19,22);1H. The Balaban J connectivity index is 0.00000338. The van der Waals surface area contributed by atoms with Crippen molar-refractivity contribution in [3.05, 3.63) is 47.3 Å². The highest BCUT2D eigenvalue weighted by Gasteiger charge is 2.20. The number of esters is 1. The molecule has 1 aromatic carbocycles. The van der Waals surface area contributed by atoms with Gasteiger partial charge in [0.05, 0.1) is 20.4 Å². The van der Waals surface area contributed by atoms with Crippen LogP contribution in [-0.4, -0.2) is 42.9 Å².